The van der Waals surface area contributed by atoms with Gasteiger partial charge < -0.3 is 14.8 Å². The fourth-order valence-electron chi connectivity index (χ4n) is 3.80. The number of methoxy groups -OCH3 is 2. The van der Waals surface area contributed by atoms with Crippen LogP contribution in [0.3, 0.4) is 0 Å². The predicted octanol–water partition coefficient (Wildman–Crippen LogP) is 4.59. The number of aryl methyl sites for hydroxylation is 1. The maximum atomic E-state index is 13.4. The van der Waals surface area contributed by atoms with Crippen molar-refractivity contribution in [1.82, 2.24) is 4.90 Å². The SMILES string of the molecule is COc1cc(NC2=C(c3ccc(C)cc3)C(=O)N(CCc3ccc(F)cc3)C2=O)cc(OC)c1. The van der Waals surface area contributed by atoms with Gasteiger partial charge in [0.05, 0.1) is 19.8 Å². The molecule has 0 atom stereocenters. The lowest BCUT2D eigenvalue weighted by atomic mass is 10.0. The molecule has 6 nitrogen and oxygen atoms in total. The largest absolute Gasteiger partial charge is 0.497 e. The Labute approximate surface area is 197 Å². The number of hydrogen-bond donors (Lipinski definition) is 1. The quantitative estimate of drug-likeness (QED) is 0.498. The van der Waals surface area contributed by atoms with E-state index in [0.717, 1.165) is 11.1 Å². The topological polar surface area (TPSA) is 67.9 Å². The molecule has 0 radical (unpaired) electrons. The standard InChI is InChI=1S/C27H25FN2O4/c1-17-4-8-19(9-5-17)24-25(29-21-14-22(33-2)16-23(15-21)34-3)27(32)30(26(24)31)13-12-18-6-10-20(28)11-7-18/h4-11,14-16,29H,12-13H2,1-3H3. The van der Waals surface area contributed by atoms with Gasteiger partial charge in [-0.2, -0.15) is 0 Å². The van der Waals surface area contributed by atoms with Crippen molar-refractivity contribution in [2.45, 2.75) is 13.3 Å². The van der Waals surface area contributed by atoms with E-state index in [9.17, 15) is 14.0 Å². The van der Waals surface area contributed by atoms with Crippen LogP contribution in [0.1, 0.15) is 16.7 Å². The Bertz CT molecular complexity index is 1230. The van der Waals surface area contributed by atoms with Crippen molar-refractivity contribution in [3.05, 3.63) is 94.9 Å². The summed E-state index contributed by atoms with van der Waals surface area (Å²) in [6.45, 7) is 2.13. The average Bonchev–Trinajstić information content (AvgIpc) is 3.07. The normalized spacial score (nSPS) is 13.5. The van der Waals surface area contributed by atoms with Gasteiger partial charge in [-0.15, -0.1) is 0 Å². The minimum atomic E-state index is -0.426. The summed E-state index contributed by atoms with van der Waals surface area (Å²) < 4.78 is 23.9. The molecule has 0 saturated carbocycles. The monoisotopic (exact) mass is 460 g/mol. The third-order valence-electron chi connectivity index (χ3n) is 5.67. The molecule has 0 spiro atoms. The zero-order valence-corrected chi connectivity index (χ0v) is 19.2. The van der Waals surface area contributed by atoms with Gasteiger partial charge in [-0.1, -0.05) is 42.0 Å². The number of amides is 2. The van der Waals surface area contributed by atoms with Gasteiger partial charge in [0, 0.05) is 30.4 Å². The van der Waals surface area contributed by atoms with E-state index in [4.69, 9.17) is 9.47 Å². The highest BCUT2D eigenvalue weighted by molar-refractivity contribution is 6.36. The highest BCUT2D eigenvalue weighted by Gasteiger charge is 2.39. The fourth-order valence-corrected chi connectivity index (χ4v) is 3.80. The molecule has 0 aliphatic carbocycles. The van der Waals surface area contributed by atoms with Crippen LogP contribution in [0.4, 0.5) is 10.1 Å². The molecule has 2 amide bonds. The van der Waals surface area contributed by atoms with Crippen LogP contribution < -0.4 is 14.8 Å². The van der Waals surface area contributed by atoms with E-state index >= 15 is 0 Å². The third kappa shape index (κ3) is 4.78. The second-order valence-corrected chi connectivity index (χ2v) is 7.98. The van der Waals surface area contributed by atoms with Crippen molar-refractivity contribution >= 4 is 23.1 Å². The lowest BCUT2D eigenvalue weighted by Gasteiger charge is -2.16. The Morgan fingerprint density at radius 3 is 2.06 bits per heavy atom. The minimum absolute atomic E-state index is 0.172. The highest BCUT2D eigenvalue weighted by atomic mass is 19.1. The summed E-state index contributed by atoms with van der Waals surface area (Å²) in [7, 11) is 3.08. The van der Waals surface area contributed by atoms with E-state index in [0.29, 0.717) is 34.7 Å². The first-order valence-corrected chi connectivity index (χ1v) is 10.8. The lowest BCUT2D eigenvalue weighted by Crippen LogP contribution is -2.34. The van der Waals surface area contributed by atoms with Crippen LogP contribution in [-0.4, -0.2) is 37.5 Å². The maximum Gasteiger partial charge on any atom is 0.278 e. The number of nitrogens with zero attached hydrogens (tertiary/aromatic N) is 1. The summed E-state index contributed by atoms with van der Waals surface area (Å²) in [4.78, 5) is 28.1. The molecular weight excluding hydrogens is 435 g/mol. The summed E-state index contributed by atoms with van der Waals surface area (Å²) in [5.74, 6) is -0.0491. The summed E-state index contributed by atoms with van der Waals surface area (Å²) in [5.41, 5.74) is 3.55. The van der Waals surface area contributed by atoms with Crippen LogP contribution in [0.25, 0.3) is 5.57 Å². The second-order valence-electron chi connectivity index (χ2n) is 7.98. The molecule has 174 valence electrons. The maximum absolute atomic E-state index is 13.4. The molecule has 0 aromatic heterocycles. The number of halogens is 1. The molecule has 1 aliphatic rings. The third-order valence-corrected chi connectivity index (χ3v) is 5.67. The number of hydrogen-bond acceptors (Lipinski definition) is 5. The molecule has 3 aromatic carbocycles. The van der Waals surface area contributed by atoms with E-state index in [1.54, 1.807) is 30.3 Å². The van der Waals surface area contributed by atoms with Gasteiger partial charge in [0.25, 0.3) is 11.8 Å². The zero-order chi connectivity index (χ0) is 24.2. The molecule has 0 fully saturated rings. The number of benzene rings is 3. The summed E-state index contributed by atoms with van der Waals surface area (Å²) in [5, 5.41) is 3.13. The fraction of sp³-hybridized carbons (Fsp3) is 0.185. The molecular formula is C27H25FN2O4. The number of carbonyl (C=O) groups is 2. The molecule has 7 heteroatoms. The first-order chi connectivity index (χ1) is 16.4. The van der Waals surface area contributed by atoms with E-state index in [2.05, 4.69) is 5.32 Å². The molecule has 34 heavy (non-hydrogen) atoms. The van der Waals surface area contributed by atoms with E-state index in [1.165, 1.54) is 31.3 Å². The van der Waals surface area contributed by atoms with Crippen LogP contribution in [0, 0.1) is 12.7 Å². The van der Waals surface area contributed by atoms with Gasteiger partial charge in [-0.05, 0) is 36.6 Å². The smallest absolute Gasteiger partial charge is 0.278 e. The van der Waals surface area contributed by atoms with Gasteiger partial charge in [-0.3, -0.25) is 14.5 Å². The van der Waals surface area contributed by atoms with Gasteiger partial charge in [-0.25, -0.2) is 4.39 Å². The average molecular weight is 461 g/mol. The zero-order valence-electron chi connectivity index (χ0n) is 19.2. The van der Waals surface area contributed by atoms with Gasteiger partial charge in [0.1, 0.15) is 23.0 Å². The van der Waals surface area contributed by atoms with Crippen LogP contribution >= 0.6 is 0 Å². The Morgan fingerprint density at radius 2 is 1.47 bits per heavy atom. The summed E-state index contributed by atoms with van der Waals surface area (Å²) in [6.07, 6.45) is 0.416. The number of ether oxygens (including phenoxy) is 2. The molecule has 1 aliphatic heterocycles. The van der Waals surface area contributed by atoms with Crippen molar-refractivity contribution in [2.75, 3.05) is 26.1 Å². The molecule has 1 N–H and O–H groups in total. The van der Waals surface area contributed by atoms with Crippen molar-refractivity contribution < 1.29 is 23.5 Å². The van der Waals surface area contributed by atoms with Crippen LogP contribution in [-0.2, 0) is 16.0 Å². The summed E-state index contributed by atoms with van der Waals surface area (Å²) >= 11 is 0. The highest BCUT2D eigenvalue weighted by Crippen LogP contribution is 2.33. The number of carbonyl (C=O) groups excluding carboxylic acids is 2. The van der Waals surface area contributed by atoms with Crippen LogP contribution in [0.15, 0.2) is 72.4 Å². The van der Waals surface area contributed by atoms with E-state index < -0.39 is 5.91 Å². The van der Waals surface area contributed by atoms with E-state index in [-0.39, 0.29) is 24.0 Å². The first-order valence-electron chi connectivity index (χ1n) is 10.8. The van der Waals surface area contributed by atoms with Gasteiger partial charge >= 0.3 is 0 Å². The molecule has 4 rings (SSSR count). The molecule has 0 saturated heterocycles. The Hall–Kier alpha value is -4.13. The number of imide groups is 1. The lowest BCUT2D eigenvalue weighted by molar-refractivity contribution is -0.136. The van der Waals surface area contributed by atoms with Gasteiger partial charge in [0.15, 0.2) is 0 Å². The Morgan fingerprint density at radius 1 is 0.853 bits per heavy atom. The predicted molar refractivity (Wildman–Crippen MR) is 128 cm³/mol. The second kappa shape index (κ2) is 9.79. The van der Waals surface area contributed by atoms with Crippen molar-refractivity contribution in [3.63, 3.8) is 0 Å². The number of nitrogens with one attached hydrogen (secondary N) is 1. The van der Waals surface area contributed by atoms with Crippen molar-refractivity contribution in [2.24, 2.45) is 0 Å². The van der Waals surface area contributed by atoms with Crippen molar-refractivity contribution in [1.29, 1.82) is 0 Å². The summed E-state index contributed by atoms with van der Waals surface area (Å²) in [6, 6.07) is 18.6. The molecule has 3 aromatic rings. The Balaban J connectivity index is 1.68. The van der Waals surface area contributed by atoms with E-state index in [1.807, 2.05) is 31.2 Å². The number of rotatable bonds is 8. The Kier molecular flexibility index (Phi) is 6.63. The molecule has 0 bridgehead atoms. The van der Waals surface area contributed by atoms with Crippen molar-refractivity contribution in [3.8, 4) is 11.5 Å². The van der Waals surface area contributed by atoms with Crippen LogP contribution in [0.5, 0.6) is 11.5 Å². The minimum Gasteiger partial charge on any atom is -0.497 e. The molecule has 0 unspecified atom stereocenters. The van der Waals surface area contributed by atoms with Crippen LogP contribution in [0.2, 0.25) is 0 Å². The molecule has 1 heterocycles. The first kappa shape index (κ1) is 23.0. The number of anilines is 1. The van der Waals surface area contributed by atoms with Gasteiger partial charge in [0.2, 0.25) is 0 Å².